The molecule has 0 N–H and O–H groups in total. The lowest BCUT2D eigenvalue weighted by atomic mass is 9.80. The maximum atomic E-state index is 2.52. The van der Waals surface area contributed by atoms with E-state index in [0.717, 1.165) is 12.8 Å². The van der Waals surface area contributed by atoms with E-state index in [4.69, 9.17) is 0 Å². The minimum Gasteiger partial charge on any atom is -0.0622 e. The minimum atomic E-state index is 0.0599. The van der Waals surface area contributed by atoms with E-state index in [0.29, 0.717) is 0 Å². The van der Waals surface area contributed by atoms with E-state index in [9.17, 15) is 0 Å². The molecule has 55 heavy (non-hydrogen) atoms. The van der Waals surface area contributed by atoms with Gasteiger partial charge in [-0.1, -0.05) is 194 Å². The van der Waals surface area contributed by atoms with Crippen LogP contribution >= 0.6 is 0 Å². The van der Waals surface area contributed by atoms with Gasteiger partial charge in [0.1, 0.15) is 0 Å². The van der Waals surface area contributed by atoms with E-state index in [1.165, 1.54) is 105 Å². The van der Waals surface area contributed by atoms with Crippen LogP contribution in [0.5, 0.6) is 0 Å². The highest BCUT2D eigenvalue weighted by molar-refractivity contribution is 6.06. The predicted molar refractivity (Wildman–Crippen MR) is 231 cm³/mol. The van der Waals surface area contributed by atoms with Gasteiger partial charge in [0.05, 0.1) is 0 Å². The molecule has 0 amide bonds. The Kier molecular flexibility index (Phi) is 7.49. The molecule has 11 rings (SSSR count). The maximum absolute atomic E-state index is 2.52. The lowest BCUT2D eigenvalue weighted by Gasteiger charge is -2.23. The Balaban J connectivity index is 1.07. The van der Waals surface area contributed by atoms with Crippen LogP contribution in [0, 0.1) is 0 Å². The highest BCUT2D eigenvalue weighted by Crippen LogP contribution is 2.50. The monoisotopic (exact) mass is 698 g/mol. The van der Waals surface area contributed by atoms with Crippen LogP contribution in [0.3, 0.4) is 0 Å². The van der Waals surface area contributed by atoms with Crippen molar-refractivity contribution in [1.29, 1.82) is 0 Å². The molecule has 2 aliphatic carbocycles. The van der Waals surface area contributed by atoms with Crippen molar-refractivity contribution >= 4 is 10.8 Å². The summed E-state index contributed by atoms with van der Waals surface area (Å²) in [6.45, 7) is 0. The first-order chi connectivity index (χ1) is 27.3. The number of rotatable bonds is 6. The van der Waals surface area contributed by atoms with Crippen LogP contribution in [0.1, 0.15) is 44.9 Å². The summed E-state index contributed by atoms with van der Waals surface area (Å²) < 4.78 is 0. The standard InChI is InChI=1S/C55H38/c1-3-14-36(15-4-1)37-26-28-39(29-27-37)54(49-23-12-11-20-44(49)38-16-5-2-6-17-38)42-30-31-46-43(32-42)35-53-51(46)34-41-19-8-10-22-47(41)55(53)50-25-13-24-48-45-21-9-7-18-40(45)33-52(48)50/h1-32,34,54H,33,35H2. The highest BCUT2D eigenvalue weighted by Gasteiger charge is 2.29. The van der Waals surface area contributed by atoms with Crippen molar-refractivity contribution in [3.8, 4) is 55.6 Å². The van der Waals surface area contributed by atoms with Gasteiger partial charge in [0.25, 0.3) is 0 Å². The second kappa shape index (κ2) is 13.0. The third-order valence-corrected chi connectivity index (χ3v) is 12.1. The number of hydrogen-bond acceptors (Lipinski definition) is 0. The zero-order valence-corrected chi connectivity index (χ0v) is 30.5. The molecule has 0 saturated carbocycles. The summed E-state index contributed by atoms with van der Waals surface area (Å²) in [5.74, 6) is 0.0599. The average molecular weight is 699 g/mol. The van der Waals surface area contributed by atoms with Crippen molar-refractivity contribution in [2.45, 2.75) is 18.8 Å². The second-order valence-corrected chi connectivity index (χ2v) is 15.1. The number of benzene rings is 9. The zero-order chi connectivity index (χ0) is 36.3. The molecule has 1 unspecified atom stereocenters. The molecule has 0 radical (unpaired) electrons. The fourth-order valence-corrected chi connectivity index (χ4v) is 9.59. The van der Waals surface area contributed by atoms with Gasteiger partial charge in [0.2, 0.25) is 0 Å². The lowest BCUT2D eigenvalue weighted by Crippen LogP contribution is -2.06. The Bertz CT molecular complexity index is 2900. The van der Waals surface area contributed by atoms with Crippen LogP contribution in [0.2, 0.25) is 0 Å². The largest absolute Gasteiger partial charge is 0.0622 e. The molecule has 9 aromatic rings. The molecule has 0 bridgehead atoms. The fraction of sp³-hybridized carbons (Fsp3) is 0.0545. The Morgan fingerprint density at radius 2 is 0.927 bits per heavy atom. The van der Waals surface area contributed by atoms with Gasteiger partial charge in [-0.05, 0) is 124 Å². The van der Waals surface area contributed by atoms with Crippen LogP contribution < -0.4 is 0 Å². The summed E-state index contributed by atoms with van der Waals surface area (Å²) >= 11 is 0. The predicted octanol–water partition coefficient (Wildman–Crippen LogP) is 14.2. The first kappa shape index (κ1) is 31.7. The molecular weight excluding hydrogens is 661 g/mol. The smallest absolute Gasteiger partial charge is 0.0346 e. The molecule has 0 aromatic heterocycles. The van der Waals surface area contributed by atoms with Crippen molar-refractivity contribution < 1.29 is 0 Å². The molecule has 2 aliphatic rings. The molecule has 0 heteroatoms. The Labute approximate surface area is 323 Å². The molecule has 9 aromatic carbocycles. The quantitative estimate of drug-likeness (QED) is 0.152. The second-order valence-electron chi connectivity index (χ2n) is 15.1. The molecule has 1 atom stereocenters. The SMILES string of the molecule is c1ccc(-c2ccc(C(c3ccc4c(c3)Cc3c-4cc4ccccc4c3-c3cccc4c3Cc3ccccc3-4)c3ccccc3-c3ccccc3)cc2)cc1. The van der Waals surface area contributed by atoms with Crippen LogP contribution in [-0.4, -0.2) is 0 Å². The summed E-state index contributed by atoms with van der Waals surface area (Å²) in [6, 6.07) is 74.5. The van der Waals surface area contributed by atoms with Crippen LogP contribution in [0.15, 0.2) is 200 Å². The Hall–Kier alpha value is -6.76. The third-order valence-electron chi connectivity index (χ3n) is 12.1. The van der Waals surface area contributed by atoms with Gasteiger partial charge in [-0.3, -0.25) is 0 Å². The van der Waals surface area contributed by atoms with Crippen molar-refractivity contribution in [3.63, 3.8) is 0 Å². The van der Waals surface area contributed by atoms with Crippen molar-refractivity contribution in [2.24, 2.45) is 0 Å². The topological polar surface area (TPSA) is 0 Å². The molecule has 258 valence electrons. The molecule has 0 heterocycles. The van der Waals surface area contributed by atoms with Crippen LogP contribution in [0.4, 0.5) is 0 Å². The summed E-state index contributed by atoms with van der Waals surface area (Å²) in [5.41, 5.74) is 22.9. The van der Waals surface area contributed by atoms with Gasteiger partial charge < -0.3 is 0 Å². The lowest BCUT2D eigenvalue weighted by molar-refractivity contribution is 0.976. The molecule has 0 aliphatic heterocycles. The number of hydrogen-bond donors (Lipinski definition) is 0. The van der Waals surface area contributed by atoms with Gasteiger partial charge in [0.15, 0.2) is 0 Å². The summed E-state index contributed by atoms with van der Waals surface area (Å²) in [4.78, 5) is 0. The van der Waals surface area contributed by atoms with Gasteiger partial charge >= 0.3 is 0 Å². The van der Waals surface area contributed by atoms with Crippen molar-refractivity contribution in [1.82, 2.24) is 0 Å². The molecule has 0 nitrogen and oxygen atoms in total. The van der Waals surface area contributed by atoms with Crippen molar-refractivity contribution in [3.05, 3.63) is 239 Å². The van der Waals surface area contributed by atoms with E-state index in [-0.39, 0.29) is 5.92 Å². The normalized spacial score (nSPS) is 12.9. The molecule has 0 fully saturated rings. The van der Waals surface area contributed by atoms with E-state index in [1.54, 1.807) is 0 Å². The highest BCUT2D eigenvalue weighted by atomic mass is 14.3. The maximum Gasteiger partial charge on any atom is 0.0346 e. The molecule has 0 spiro atoms. The van der Waals surface area contributed by atoms with E-state index in [1.807, 2.05) is 0 Å². The van der Waals surface area contributed by atoms with Gasteiger partial charge in [0, 0.05) is 5.92 Å². The minimum absolute atomic E-state index is 0.0599. The summed E-state index contributed by atoms with van der Waals surface area (Å²) in [7, 11) is 0. The Morgan fingerprint density at radius 1 is 0.327 bits per heavy atom. The summed E-state index contributed by atoms with van der Waals surface area (Å²) in [6.07, 6.45) is 1.89. The first-order valence-electron chi connectivity index (χ1n) is 19.5. The Morgan fingerprint density at radius 3 is 1.76 bits per heavy atom. The van der Waals surface area contributed by atoms with Gasteiger partial charge in [-0.15, -0.1) is 0 Å². The van der Waals surface area contributed by atoms with Crippen molar-refractivity contribution in [2.75, 3.05) is 0 Å². The van der Waals surface area contributed by atoms with Gasteiger partial charge in [-0.25, -0.2) is 0 Å². The zero-order valence-electron chi connectivity index (χ0n) is 30.5. The van der Waals surface area contributed by atoms with E-state index in [2.05, 4.69) is 200 Å². The fourth-order valence-electron chi connectivity index (χ4n) is 9.59. The number of fused-ring (bicyclic) bond motifs is 7. The van der Waals surface area contributed by atoms with E-state index >= 15 is 0 Å². The average Bonchev–Trinajstić information content (AvgIpc) is 3.82. The molecular formula is C55H38. The first-order valence-corrected chi connectivity index (χ1v) is 19.5. The van der Waals surface area contributed by atoms with E-state index < -0.39 is 0 Å². The van der Waals surface area contributed by atoms with Crippen LogP contribution in [0.25, 0.3) is 66.4 Å². The summed E-state index contributed by atoms with van der Waals surface area (Å²) in [5, 5.41) is 2.64. The molecule has 0 saturated heterocycles. The van der Waals surface area contributed by atoms with Crippen LogP contribution in [-0.2, 0) is 12.8 Å². The van der Waals surface area contributed by atoms with Gasteiger partial charge in [-0.2, -0.15) is 0 Å². The third kappa shape index (κ3) is 5.29.